The average molecular weight is 615 g/mol. The lowest BCUT2D eigenvalue weighted by atomic mass is 10.2. The van der Waals surface area contributed by atoms with Gasteiger partial charge in [0.25, 0.3) is 0 Å². The van der Waals surface area contributed by atoms with Crippen molar-refractivity contribution in [1.82, 2.24) is 0 Å². The number of benzene rings is 6. The van der Waals surface area contributed by atoms with Crippen molar-refractivity contribution in [2.75, 3.05) is 6.16 Å². The number of hydrogen-bond donors (Lipinski definition) is 0. The first kappa shape index (κ1) is 13.7. The third-order valence-electron chi connectivity index (χ3n) is 6.25. The van der Waals surface area contributed by atoms with Crippen molar-refractivity contribution in [2.45, 2.75) is 18.7 Å². The van der Waals surface area contributed by atoms with Gasteiger partial charge in [-0.25, -0.2) is 0 Å². The van der Waals surface area contributed by atoms with E-state index in [2.05, 4.69) is 0 Å². The Bertz CT molecular complexity index is 2630. The van der Waals surface area contributed by atoms with Gasteiger partial charge < -0.3 is 4.74 Å². The van der Waals surface area contributed by atoms with E-state index in [1.54, 1.807) is 48.5 Å². The minimum absolute atomic E-state index is 0.0408. The summed E-state index contributed by atoms with van der Waals surface area (Å²) in [7, 11) is -3.90. The molecule has 0 N–H and O–H groups in total. The predicted octanol–water partition coefficient (Wildman–Crippen LogP) is 9.66. The average Bonchev–Trinajstić information content (AvgIpc) is 3.26. The van der Waals surface area contributed by atoms with Gasteiger partial charge in [-0.1, -0.05) is 153 Å². The molecule has 0 heterocycles. The summed E-state index contributed by atoms with van der Waals surface area (Å²) in [5, 5.41) is -0.302. The molecule has 0 aromatic heterocycles. The van der Waals surface area contributed by atoms with Crippen LogP contribution in [-0.2, 0) is 18.7 Å². The van der Waals surface area contributed by atoms with Crippen molar-refractivity contribution in [1.29, 1.82) is 0 Å². The molecule has 1 nitrogen and oxygen atoms in total. The van der Waals surface area contributed by atoms with E-state index >= 15 is 0 Å². The van der Waals surface area contributed by atoms with E-state index in [0.29, 0.717) is 16.9 Å². The molecule has 6 rings (SSSR count). The molecule has 0 amide bonds. The van der Waals surface area contributed by atoms with E-state index in [1.807, 2.05) is 0 Å². The molecule has 0 spiro atoms. The maximum atomic E-state index is 8.74. The molecule has 6 aromatic rings. The van der Waals surface area contributed by atoms with E-state index in [0.717, 1.165) is 0 Å². The Labute approximate surface area is 286 Å². The second-order valence-corrected chi connectivity index (χ2v) is 13.5. The fraction of sp³-hybridized carbons (Fsp3) is 0.100. The van der Waals surface area contributed by atoms with Gasteiger partial charge in [0.15, 0.2) is 0 Å². The zero-order valence-electron chi connectivity index (χ0n) is 42.7. The molecule has 0 aliphatic rings. The summed E-state index contributed by atoms with van der Waals surface area (Å²) in [6, 6.07) is 2.56. The largest absolute Gasteiger partial charge is 0.457 e. The summed E-state index contributed by atoms with van der Waals surface area (Å²) in [6.07, 6.45) is 0.112. The molecule has 43 heavy (non-hydrogen) atoms. The molecule has 1 unspecified atom stereocenters. The number of rotatable bonds is 12. The van der Waals surface area contributed by atoms with Crippen LogP contribution in [-0.4, -0.2) is 6.16 Å². The number of hydrogen-bond acceptors (Lipinski definition) is 1. The zero-order valence-corrected chi connectivity index (χ0v) is 24.5. The maximum Gasteiger partial charge on any atom is 0.127 e. The van der Waals surface area contributed by atoms with Crippen LogP contribution in [0, 0.1) is 0 Å². The summed E-state index contributed by atoms with van der Waals surface area (Å²) < 4.78 is 174. The van der Waals surface area contributed by atoms with Crippen molar-refractivity contribution in [3.8, 4) is 11.5 Å². The highest BCUT2D eigenvalue weighted by Crippen LogP contribution is 2.41. The van der Waals surface area contributed by atoms with E-state index in [-0.39, 0.29) is 64.2 Å². The zero-order chi connectivity index (χ0) is 46.5. The van der Waals surface area contributed by atoms with Crippen LogP contribution < -0.4 is 20.7 Å². The first-order valence-corrected chi connectivity index (χ1v) is 16.5. The second kappa shape index (κ2) is 14.9. The molecule has 0 radical (unpaired) electrons. The highest BCUT2D eigenvalue weighted by molar-refractivity contribution is 7.72. The van der Waals surface area contributed by atoms with Crippen molar-refractivity contribution < 1.29 is 32.2 Å². The Morgan fingerprint density at radius 2 is 0.953 bits per heavy atom. The molecule has 0 fully saturated rings. The molecule has 0 saturated heterocycles. The predicted molar refractivity (Wildman–Crippen MR) is 187 cm³/mol. The monoisotopic (exact) mass is 614 g/mol. The summed E-state index contributed by atoms with van der Waals surface area (Å²) in [5.74, 6) is 0.612. The van der Waals surface area contributed by atoms with Crippen LogP contribution in [0.4, 0.5) is 0 Å². The second-order valence-electron chi connectivity index (χ2n) is 9.18. The van der Waals surface area contributed by atoms with Crippen LogP contribution in [0.25, 0.3) is 0 Å². The lowest BCUT2D eigenvalue weighted by molar-refractivity contribution is 0.482. The van der Waals surface area contributed by atoms with Gasteiger partial charge in [0.1, 0.15) is 11.5 Å². The fourth-order valence-electron chi connectivity index (χ4n) is 4.30. The van der Waals surface area contributed by atoms with Crippen LogP contribution in [0.1, 0.15) is 44.1 Å². The van der Waals surface area contributed by atoms with Gasteiger partial charge in [0.05, 0.1) is 27.4 Å². The summed E-state index contributed by atoms with van der Waals surface area (Å²) >= 11 is 0. The molecular weight excluding hydrogens is 558 g/mol. The Morgan fingerprint density at radius 3 is 1.49 bits per heavy atom. The molecular formula is C40H36OP2. The first-order valence-electron chi connectivity index (χ1n) is 23.2. The molecule has 1 atom stereocenters. The number of ether oxygens (including phenoxy) is 1. The molecule has 212 valence electrons. The minimum Gasteiger partial charge on any atom is -0.457 e. The molecule has 6 aromatic carbocycles. The van der Waals surface area contributed by atoms with Crippen LogP contribution in [0.3, 0.4) is 0 Å². The van der Waals surface area contributed by atoms with Gasteiger partial charge >= 0.3 is 0 Å². The van der Waals surface area contributed by atoms with E-state index in [4.69, 9.17) is 32.2 Å². The van der Waals surface area contributed by atoms with E-state index < -0.39 is 125 Å². The van der Waals surface area contributed by atoms with Crippen LogP contribution in [0.5, 0.6) is 11.5 Å². The van der Waals surface area contributed by atoms with Crippen LogP contribution in [0.15, 0.2) is 169 Å². The Morgan fingerprint density at radius 1 is 0.488 bits per heavy atom. The quantitative estimate of drug-likeness (QED) is 0.125. The molecule has 3 heteroatoms. The van der Waals surface area contributed by atoms with E-state index in [1.165, 1.54) is 0 Å². The van der Waals surface area contributed by atoms with Crippen LogP contribution >= 0.6 is 15.8 Å². The Balaban J connectivity index is 1.36. The topological polar surface area (TPSA) is 9.23 Å². The standard InChI is InChI=1S/C40H36OP2/c1-5-15-33(16-6-1)27-28-42(38-21-7-2-8-22-38)31-34-17-13-19-36(29-34)41-37-20-14-18-35(30-37)32-43(39-23-9-3-10-24-39)40-25-11-4-12-26-40/h1-26,29-30H,27-28,31-32H2/i1D,2D,3D,4D,5D,6D,7D,8D,9D,10D,11D,12D,15D,16D,21D,22D,23D,24D,25D,26D. The summed E-state index contributed by atoms with van der Waals surface area (Å²) in [4.78, 5) is 0. The highest BCUT2D eigenvalue weighted by atomic mass is 31.1. The summed E-state index contributed by atoms with van der Waals surface area (Å²) in [5.41, 5.74) is 1.17. The van der Waals surface area contributed by atoms with Gasteiger partial charge in [0, 0.05) is 6.16 Å². The fourth-order valence-corrected chi connectivity index (χ4v) is 8.26. The van der Waals surface area contributed by atoms with Gasteiger partial charge in [-0.15, -0.1) is 0 Å². The van der Waals surface area contributed by atoms with Gasteiger partial charge in [0.2, 0.25) is 0 Å². The molecule has 0 saturated carbocycles. The Kier molecular flexibility index (Phi) is 4.77. The van der Waals surface area contributed by atoms with Gasteiger partial charge in [-0.2, -0.15) is 0 Å². The Hall–Kier alpha value is -4.02. The lowest BCUT2D eigenvalue weighted by Crippen LogP contribution is -2.12. The van der Waals surface area contributed by atoms with E-state index in [9.17, 15) is 0 Å². The van der Waals surface area contributed by atoms with Crippen LogP contribution in [0.2, 0.25) is 0 Å². The van der Waals surface area contributed by atoms with Gasteiger partial charge in [-0.05, 0) is 83.5 Å². The normalized spacial score (nSPS) is 18.3. The maximum absolute atomic E-state index is 8.74. The SMILES string of the molecule is [2H]c1c([2H])c([2H])c(CCP(Cc2cccc(Oc3cccc(CP(c4c([2H])c([2H])c([2H])c([2H])c4[2H])c4c([2H])c([2H])c([2H])c([2H])c4[2H])c3)c2)c2c([2H])c([2H])c([2H])c([2H])c2[2H])c([2H])c1[2H]. The summed E-state index contributed by atoms with van der Waals surface area (Å²) in [6.45, 7) is 0. The van der Waals surface area contributed by atoms with Crippen molar-refractivity contribution in [3.63, 3.8) is 0 Å². The highest BCUT2D eigenvalue weighted by Gasteiger charge is 2.16. The van der Waals surface area contributed by atoms with Crippen molar-refractivity contribution in [2.24, 2.45) is 0 Å². The minimum atomic E-state index is -2.22. The molecule has 0 bridgehead atoms. The molecule has 0 aliphatic carbocycles. The van der Waals surface area contributed by atoms with Gasteiger partial charge in [-0.3, -0.25) is 0 Å². The van der Waals surface area contributed by atoms with Crippen molar-refractivity contribution in [3.05, 3.63) is 186 Å². The third-order valence-corrected chi connectivity index (χ3v) is 10.8. The van der Waals surface area contributed by atoms with Crippen molar-refractivity contribution >= 4 is 31.8 Å². The lowest BCUT2D eigenvalue weighted by Gasteiger charge is -2.20. The molecule has 0 aliphatic heterocycles. The third kappa shape index (κ3) is 8.30. The smallest absolute Gasteiger partial charge is 0.127 e. The first-order chi connectivity index (χ1) is 29.6.